The smallest absolute Gasteiger partial charge is 0.255 e. The van der Waals surface area contributed by atoms with Crippen molar-refractivity contribution in [3.8, 4) is 5.75 Å². The fourth-order valence-corrected chi connectivity index (χ4v) is 3.07. The molecule has 0 fully saturated rings. The van der Waals surface area contributed by atoms with Crippen molar-refractivity contribution >= 4 is 23.4 Å². The topological polar surface area (TPSA) is 119 Å². The van der Waals surface area contributed by atoms with Crippen LogP contribution < -0.4 is 11.1 Å². The number of aromatic hydroxyl groups is 1. The van der Waals surface area contributed by atoms with Crippen molar-refractivity contribution in [1.82, 2.24) is 5.32 Å². The quantitative estimate of drug-likeness (QED) is 0.297. The number of anilines is 1. The number of aliphatic hydroxyl groups is 1. The molecule has 1 amide bonds. The first-order chi connectivity index (χ1) is 14.9. The van der Waals surface area contributed by atoms with E-state index in [0.717, 1.165) is 0 Å². The van der Waals surface area contributed by atoms with E-state index in [1.807, 2.05) is 6.07 Å². The monoisotopic (exact) mass is 419 g/mol. The lowest BCUT2D eigenvalue weighted by Gasteiger charge is -2.18. The summed E-state index contributed by atoms with van der Waals surface area (Å²) in [4.78, 5) is 12.8. The molecule has 6 N–H and O–H groups in total. The second-order valence-electron chi connectivity index (χ2n) is 6.84. The number of hydrogen-bond acceptors (Lipinski definition) is 5. The largest absolute Gasteiger partial charge is 0.506 e. The highest BCUT2D eigenvalue weighted by Gasteiger charge is 2.21. The number of nitrogen functional groups attached to an aromatic ring is 1. The van der Waals surface area contributed by atoms with E-state index in [0.29, 0.717) is 11.1 Å². The summed E-state index contributed by atoms with van der Waals surface area (Å²) in [5, 5.41) is 31.3. The van der Waals surface area contributed by atoms with E-state index < -0.39 is 17.7 Å². The van der Waals surface area contributed by atoms with Gasteiger partial charge in [-0.05, 0) is 41.5 Å². The molecule has 0 saturated carbocycles. The van der Waals surface area contributed by atoms with Crippen LogP contribution in [-0.2, 0) is 0 Å². The highest BCUT2D eigenvalue weighted by molar-refractivity contribution is 6.15. The van der Waals surface area contributed by atoms with Crippen LogP contribution in [0.1, 0.15) is 33.1 Å². The lowest BCUT2D eigenvalue weighted by atomic mass is 10.00. The second-order valence-corrected chi connectivity index (χ2v) is 6.84. The number of amides is 1. The minimum atomic E-state index is -0.660. The molecule has 0 radical (unpaired) electrons. The minimum Gasteiger partial charge on any atom is -0.506 e. The maximum absolute atomic E-state index is 13.0. The molecule has 0 bridgehead atoms. The summed E-state index contributed by atoms with van der Waals surface area (Å²) in [5.41, 5.74) is 7.26. The van der Waals surface area contributed by atoms with Crippen LogP contribution in [0.5, 0.6) is 5.75 Å². The first kappa shape index (κ1) is 21.7. The van der Waals surface area contributed by atoms with E-state index in [2.05, 4.69) is 5.32 Å². The molecule has 0 aromatic heterocycles. The van der Waals surface area contributed by atoms with E-state index >= 15 is 0 Å². The van der Waals surface area contributed by atoms with Gasteiger partial charge in [0.15, 0.2) is 0 Å². The third kappa shape index (κ3) is 5.15. The van der Waals surface area contributed by atoms with Crippen LogP contribution in [0, 0.1) is 11.2 Å². The van der Waals surface area contributed by atoms with Crippen molar-refractivity contribution in [2.24, 2.45) is 0 Å². The maximum atomic E-state index is 13.0. The number of phenols is 1. The molecule has 1 atom stereocenters. The molecule has 1 unspecified atom stereocenters. The van der Waals surface area contributed by atoms with Crippen molar-refractivity contribution in [1.29, 1.82) is 5.41 Å². The van der Waals surface area contributed by atoms with E-state index in [1.165, 1.54) is 30.3 Å². The van der Waals surface area contributed by atoms with Crippen molar-refractivity contribution in [3.63, 3.8) is 0 Å². The normalized spacial score (nSPS) is 11.9. The van der Waals surface area contributed by atoms with Gasteiger partial charge in [-0.15, -0.1) is 0 Å². The molecule has 6 nitrogen and oxygen atoms in total. The summed E-state index contributed by atoms with van der Waals surface area (Å²) < 4.78 is 13.0. The van der Waals surface area contributed by atoms with E-state index in [9.17, 15) is 19.4 Å². The Bertz CT molecular complexity index is 1110. The van der Waals surface area contributed by atoms with Gasteiger partial charge in [0.1, 0.15) is 11.6 Å². The molecular weight excluding hydrogens is 397 g/mol. The summed E-state index contributed by atoms with van der Waals surface area (Å²) in [6, 6.07) is 16.8. The van der Waals surface area contributed by atoms with Gasteiger partial charge in [0.25, 0.3) is 5.91 Å². The average molecular weight is 419 g/mol. The van der Waals surface area contributed by atoms with Crippen LogP contribution in [0.25, 0.3) is 6.08 Å². The molecular formula is C24H22FN3O3. The summed E-state index contributed by atoms with van der Waals surface area (Å²) in [6.45, 7) is -0.325. The molecule has 3 rings (SSSR count). The third-order valence-corrected chi connectivity index (χ3v) is 4.73. The number of hydrogen-bond donors (Lipinski definition) is 5. The number of rotatable bonds is 7. The van der Waals surface area contributed by atoms with Crippen LogP contribution in [0.4, 0.5) is 10.1 Å². The molecule has 0 aliphatic carbocycles. The lowest BCUT2D eigenvalue weighted by Crippen LogP contribution is -2.31. The van der Waals surface area contributed by atoms with Gasteiger partial charge < -0.3 is 26.7 Å². The predicted molar refractivity (Wildman–Crippen MR) is 119 cm³/mol. The number of carbonyl (C=O) groups excluding carboxylic acids is 1. The van der Waals surface area contributed by atoms with Gasteiger partial charge in [-0.2, -0.15) is 0 Å². The number of aliphatic hydroxyl groups excluding tert-OH is 1. The van der Waals surface area contributed by atoms with Gasteiger partial charge in [-0.1, -0.05) is 48.5 Å². The lowest BCUT2D eigenvalue weighted by molar-refractivity contribution is 0.0913. The molecule has 0 spiro atoms. The fraction of sp³-hybridized carbons (Fsp3) is 0.0833. The highest BCUT2D eigenvalue weighted by Crippen LogP contribution is 2.29. The Kier molecular flexibility index (Phi) is 6.79. The fourth-order valence-electron chi connectivity index (χ4n) is 3.07. The molecule has 0 heterocycles. The Morgan fingerprint density at radius 3 is 2.42 bits per heavy atom. The van der Waals surface area contributed by atoms with E-state index in [-0.39, 0.29) is 35.0 Å². The number of benzene rings is 3. The van der Waals surface area contributed by atoms with Gasteiger partial charge in [0, 0.05) is 5.69 Å². The molecule has 7 heteroatoms. The summed E-state index contributed by atoms with van der Waals surface area (Å²) in [7, 11) is 0. The van der Waals surface area contributed by atoms with Gasteiger partial charge in [0.05, 0.1) is 29.5 Å². The zero-order chi connectivity index (χ0) is 22.4. The SMILES string of the molecule is N=C(/C=C/c1ccc(F)cc1)c1c(N)ccc(C(=O)NC(CO)c2ccccc2)c1O. The number of carbonyl (C=O) groups is 1. The summed E-state index contributed by atoms with van der Waals surface area (Å²) >= 11 is 0. The van der Waals surface area contributed by atoms with Crippen LogP contribution in [0.3, 0.4) is 0 Å². The maximum Gasteiger partial charge on any atom is 0.255 e. The molecule has 31 heavy (non-hydrogen) atoms. The van der Waals surface area contributed by atoms with Gasteiger partial charge in [-0.25, -0.2) is 4.39 Å². The van der Waals surface area contributed by atoms with Crippen LogP contribution in [0.2, 0.25) is 0 Å². The zero-order valence-electron chi connectivity index (χ0n) is 16.5. The Balaban J connectivity index is 1.84. The van der Waals surface area contributed by atoms with Crippen molar-refractivity contribution in [2.75, 3.05) is 12.3 Å². The third-order valence-electron chi connectivity index (χ3n) is 4.73. The van der Waals surface area contributed by atoms with Crippen LogP contribution in [0.15, 0.2) is 72.8 Å². The number of nitrogens with one attached hydrogen (secondary N) is 2. The molecule has 3 aromatic carbocycles. The first-order valence-corrected chi connectivity index (χ1v) is 9.51. The first-order valence-electron chi connectivity index (χ1n) is 9.51. The van der Waals surface area contributed by atoms with Crippen molar-refractivity contribution in [3.05, 3.63) is 101 Å². The molecule has 0 aliphatic rings. The van der Waals surface area contributed by atoms with Gasteiger partial charge in [0.2, 0.25) is 0 Å². The molecule has 0 aliphatic heterocycles. The van der Waals surface area contributed by atoms with Crippen molar-refractivity contribution < 1.29 is 19.4 Å². The van der Waals surface area contributed by atoms with Crippen molar-refractivity contribution in [2.45, 2.75) is 6.04 Å². The summed E-state index contributed by atoms with van der Waals surface area (Å²) in [5.74, 6) is -1.42. The zero-order valence-corrected chi connectivity index (χ0v) is 16.5. The summed E-state index contributed by atoms with van der Waals surface area (Å²) in [6.07, 6.45) is 2.98. The average Bonchev–Trinajstić information content (AvgIpc) is 2.77. The predicted octanol–water partition coefficient (Wildman–Crippen LogP) is 3.66. The van der Waals surface area contributed by atoms with E-state index in [1.54, 1.807) is 42.5 Å². The van der Waals surface area contributed by atoms with Crippen LogP contribution >= 0.6 is 0 Å². The number of allylic oxidation sites excluding steroid dienone is 1. The van der Waals surface area contributed by atoms with E-state index in [4.69, 9.17) is 11.1 Å². The van der Waals surface area contributed by atoms with Crippen LogP contribution in [-0.4, -0.2) is 28.4 Å². The Labute approximate surface area is 179 Å². The highest BCUT2D eigenvalue weighted by atomic mass is 19.1. The molecule has 3 aromatic rings. The number of nitrogens with two attached hydrogens (primary N) is 1. The second kappa shape index (κ2) is 9.69. The Morgan fingerprint density at radius 2 is 1.77 bits per heavy atom. The number of halogens is 1. The number of phenolic OH excluding ortho intramolecular Hbond substituents is 1. The van der Waals surface area contributed by atoms with Gasteiger partial charge >= 0.3 is 0 Å². The minimum absolute atomic E-state index is 0.00581. The molecule has 0 saturated heterocycles. The molecule has 158 valence electrons. The Hall–Kier alpha value is -3.97. The van der Waals surface area contributed by atoms with Gasteiger partial charge in [-0.3, -0.25) is 4.79 Å². The standard InChI is InChI=1S/C24H22FN3O3/c25-17-9-6-15(7-10-17)8-12-19(26)22-20(27)13-11-18(23(22)30)24(31)28-21(14-29)16-4-2-1-3-5-16/h1-13,21,26,29-30H,14,27H2,(H,28,31)/b12-8+,26-19?. The Morgan fingerprint density at radius 1 is 1.10 bits per heavy atom.